The van der Waals surface area contributed by atoms with Crippen molar-refractivity contribution in [3.8, 4) is 0 Å². The van der Waals surface area contributed by atoms with Gasteiger partial charge in [-0.25, -0.2) is 0 Å². The lowest BCUT2D eigenvalue weighted by Crippen LogP contribution is -2.47. The minimum atomic E-state index is 0.108. The van der Waals surface area contributed by atoms with Crippen molar-refractivity contribution in [3.63, 3.8) is 0 Å². The number of hydrogen-bond acceptors (Lipinski definition) is 2. The molecule has 1 aromatic rings. The predicted molar refractivity (Wildman–Crippen MR) is 76.8 cm³/mol. The quantitative estimate of drug-likeness (QED) is 0.910. The van der Waals surface area contributed by atoms with Crippen LogP contribution in [0.25, 0.3) is 0 Å². The van der Waals surface area contributed by atoms with Crippen molar-refractivity contribution >= 4 is 29.1 Å². The van der Waals surface area contributed by atoms with E-state index in [1.54, 1.807) is 6.07 Å². The average Bonchev–Trinajstić information content (AvgIpc) is 3.19. The third-order valence-electron chi connectivity index (χ3n) is 3.90. The van der Waals surface area contributed by atoms with E-state index in [2.05, 4.69) is 5.32 Å². The molecule has 19 heavy (non-hydrogen) atoms. The maximum absolute atomic E-state index is 12.4. The summed E-state index contributed by atoms with van der Waals surface area (Å²) in [6.45, 7) is 3.42. The van der Waals surface area contributed by atoms with Crippen molar-refractivity contribution < 1.29 is 4.79 Å². The number of piperazine rings is 1. The Bertz CT molecular complexity index is 500. The van der Waals surface area contributed by atoms with E-state index >= 15 is 0 Å². The van der Waals surface area contributed by atoms with E-state index in [-0.39, 0.29) is 17.7 Å². The molecule has 2 fully saturated rings. The second-order valence-corrected chi connectivity index (χ2v) is 6.03. The number of benzene rings is 1. The molecule has 0 bridgehead atoms. The largest absolute Gasteiger partial charge is 0.340 e. The molecule has 3 nitrogen and oxygen atoms in total. The molecule has 0 radical (unpaired) electrons. The van der Waals surface area contributed by atoms with Crippen LogP contribution in [0.3, 0.4) is 0 Å². The standard InChI is InChI=1S/C14H16Cl2N2O/c15-9-1-2-10(13(16)7-9)11-8-12(11)14(19)18-5-3-17-4-6-18/h1-2,7,11-12,17H,3-6,8H2/t11-,12+/m0/s1. The lowest BCUT2D eigenvalue weighted by Gasteiger charge is -2.27. The monoisotopic (exact) mass is 298 g/mol. The zero-order valence-corrected chi connectivity index (χ0v) is 12.0. The number of halogens is 2. The first-order valence-electron chi connectivity index (χ1n) is 6.61. The highest BCUT2D eigenvalue weighted by Gasteiger charge is 2.46. The lowest BCUT2D eigenvalue weighted by molar-refractivity contribution is -0.133. The summed E-state index contributed by atoms with van der Waals surface area (Å²) in [5.74, 6) is 0.654. The van der Waals surface area contributed by atoms with Crippen LogP contribution < -0.4 is 5.32 Å². The lowest BCUT2D eigenvalue weighted by atomic mass is 10.1. The Labute approximate surface area is 122 Å². The number of nitrogens with one attached hydrogen (secondary N) is 1. The topological polar surface area (TPSA) is 32.3 Å². The molecule has 1 aromatic carbocycles. The normalized spacial score (nSPS) is 26.3. The molecule has 1 saturated heterocycles. The van der Waals surface area contributed by atoms with Gasteiger partial charge in [0.1, 0.15) is 0 Å². The van der Waals surface area contributed by atoms with Crippen LogP contribution in [0, 0.1) is 5.92 Å². The van der Waals surface area contributed by atoms with Crippen LogP contribution in [0.15, 0.2) is 18.2 Å². The van der Waals surface area contributed by atoms with Crippen molar-refractivity contribution in [2.45, 2.75) is 12.3 Å². The van der Waals surface area contributed by atoms with Gasteiger partial charge in [0.15, 0.2) is 0 Å². The van der Waals surface area contributed by atoms with Gasteiger partial charge in [-0.15, -0.1) is 0 Å². The highest BCUT2D eigenvalue weighted by molar-refractivity contribution is 6.35. The molecule has 1 aliphatic heterocycles. The van der Waals surface area contributed by atoms with Gasteiger partial charge in [0, 0.05) is 42.1 Å². The van der Waals surface area contributed by atoms with Crippen molar-refractivity contribution in [1.82, 2.24) is 10.2 Å². The van der Waals surface area contributed by atoms with Crippen LogP contribution in [0.5, 0.6) is 0 Å². The summed E-state index contributed by atoms with van der Waals surface area (Å²) in [6, 6.07) is 5.54. The Hall–Kier alpha value is -0.770. The molecule has 2 atom stereocenters. The molecule has 0 unspecified atom stereocenters. The van der Waals surface area contributed by atoms with Crippen LogP contribution >= 0.6 is 23.2 Å². The summed E-state index contributed by atoms with van der Waals surface area (Å²) < 4.78 is 0. The maximum Gasteiger partial charge on any atom is 0.226 e. The molecule has 1 amide bonds. The summed E-state index contributed by atoms with van der Waals surface area (Å²) >= 11 is 12.1. The highest BCUT2D eigenvalue weighted by Crippen LogP contribution is 2.50. The Kier molecular flexibility index (Phi) is 3.70. The molecule has 0 spiro atoms. The van der Waals surface area contributed by atoms with Crippen LogP contribution in [0.2, 0.25) is 10.0 Å². The summed E-state index contributed by atoms with van der Waals surface area (Å²) in [7, 11) is 0. The van der Waals surface area contributed by atoms with E-state index in [0.717, 1.165) is 38.2 Å². The van der Waals surface area contributed by atoms with Gasteiger partial charge in [-0.3, -0.25) is 4.79 Å². The molecule has 3 rings (SSSR count). The number of hydrogen-bond donors (Lipinski definition) is 1. The fraction of sp³-hybridized carbons (Fsp3) is 0.500. The molecule has 1 heterocycles. The van der Waals surface area contributed by atoms with Crippen LogP contribution in [0.1, 0.15) is 17.9 Å². The summed E-state index contributed by atoms with van der Waals surface area (Å²) in [5.41, 5.74) is 1.06. The molecular formula is C14H16Cl2N2O. The zero-order chi connectivity index (χ0) is 13.4. The minimum Gasteiger partial charge on any atom is -0.340 e. The second kappa shape index (κ2) is 5.31. The van der Waals surface area contributed by atoms with Gasteiger partial charge in [0.25, 0.3) is 0 Å². The second-order valence-electron chi connectivity index (χ2n) is 5.19. The van der Waals surface area contributed by atoms with E-state index < -0.39 is 0 Å². The zero-order valence-electron chi connectivity index (χ0n) is 10.5. The number of amides is 1. The first-order valence-corrected chi connectivity index (χ1v) is 7.37. The van der Waals surface area contributed by atoms with Crippen molar-refractivity contribution in [3.05, 3.63) is 33.8 Å². The Morgan fingerprint density at radius 1 is 1.26 bits per heavy atom. The SMILES string of the molecule is O=C([C@@H]1C[C@H]1c1ccc(Cl)cc1Cl)N1CCNCC1. The van der Waals surface area contributed by atoms with Gasteiger partial charge in [0.2, 0.25) is 5.91 Å². The first-order chi connectivity index (χ1) is 9.16. The van der Waals surface area contributed by atoms with Gasteiger partial charge in [0.05, 0.1) is 0 Å². The fourth-order valence-electron chi connectivity index (χ4n) is 2.73. The fourth-order valence-corrected chi connectivity index (χ4v) is 3.28. The summed E-state index contributed by atoms with van der Waals surface area (Å²) in [4.78, 5) is 14.3. The molecule has 5 heteroatoms. The van der Waals surface area contributed by atoms with Gasteiger partial charge >= 0.3 is 0 Å². The number of nitrogens with zero attached hydrogens (tertiary/aromatic N) is 1. The third-order valence-corrected chi connectivity index (χ3v) is 4.46. The molecule has 0 aromatic heterocycles. The van der Waals surface area contributed by atoms with E-state index in [1.165, 1.54) is 0 Å². The van der Waals surface area contributed by atoms with Gasteiger partial charge in [-0.1, -0.05) is 29.3 Å². The maximum atomic E-state index is 12.4. The van der Waals surface area contributed by atoms with E-state index in [9.17, 15) is 4.79 Å². The first kappa shape index (κ1) is 13.2. The van der Waals surface area contributed by atoms with Gasteiger partial charge in [-0.2, -0.15) is 0 Å². The smallest absolute Gasteiger partial charge is 0.226 e. The minimum absolute atomic E-state index is 0.108. The Morgan fingerprint density at radius 3 is 2.68 bits per heavy atom. The molecule has 1 saturated carbocycles. The van der Waals surface area contributed by atoms with E-state index in [4.69, 9.17) is 23.2 Å². The number of carbonyl (C=O) groups is 1. The van der Waals surface area contributed by atoms with Crippen molar-refractivity contribution in [2.75, 3.05) is 26.2 Å². The molecule has 102 valence electrons. The number of rotatable bonds is 2. The van der Waals surface area contributed by atoms with E-state index in [1.807, 2.05) is 17.0 Å². The number of carbonyl (C=O) groups excluding carboxylic acids is 1. The van der Waals surface area contributed by atoms with E-state index in [0.29, 0.717) is 10.0 Å². The Morgan fingerprint density at radius 2 is 2.00 bits per heavy atom. The summed E-state index contributed by atoms with van der Waals surface area (Å²) in [6.07, 6.45) is 0.907. The van der Waals surface area contributed by atoms with Crippen LogP contribution in [-0.2, 0) is 4.79 Å². The Balaban J connectivity index is 1.68. The molecule has 2 aliphatic rings. The molecule has 1 aliphatic carbocycles. The van der Waals surface area contributed by atoms with Gasteiger partial charge in [-0.05, 0) is 30.0 Å². The highest BCUT2D eigenvalue weighted by atomic mass is 35.5. The average molecular weight is 299 g/mol. The van der Waals surface area contributed by atoms with Crippen molar-refractivity contribution in [1.29, 1.82) is 0 Å². The van der Waals surface area contributed by atoms with Crippen LogP contribution in [-0.4, -0.2) is 37.0 Å². The molecular weight excluding hydrogens is 283 g/mol. The summed E-state index contributed by atoms with van der Waals surface area (Å²) in [5, 5.41) is 4.57. The molecule has 1 N–H and O–H groups in total. The van der Waals surface area contributed by atoms with Crippen LogP contribution in [0.4, 0.5) is 0 Å². The van der Waals surface area contributed by atoms with Gasteiger partial charge < -0.3 is 10.2 Å². The third kappa shape index (κ3) is 2.73. The van der Waals surface area contributed by atoms with Crippen molar-refractivity contribution in [2.24, 2.45) is 5.92 Å². The predicted octanol–water partition coefficient (Wildman–Crippen LogP) is 2.53.